The molecule has 0 aliphatic carbocycles. The fourth-order valence-electron chi connectivity index (χ4n) is 1.01. The van der Waals surface area contributed by atoms with Gasteiger partial charge in [-0.1, -0.05) is 0 Å². The molecule has 1 rings (SSSR count). The van der Waals surface area contributed by atoms with Gasteiger partial charge in [-0.2, -0.15) is 0 Å². The summed E-state index contributed by atoms with van der Waals surface area (Å²) in [5.41, 5.74) is -0.324. The van der Waals surface area contributed by atoms with Crippen LogP contribution in [0.2, 0.25) is 0 Å². The Labute approximate surface area is 86.6 Å². The number of furan rings is 1. The van der Waals surface area contributed by atoms with Crippen molar-refractivity contribution in [1.82, 2.24) is 4.90 Å². The molecule has 0 aliphatic rings. The molecule has 5 nitrogen and oxygen atoms in total. The highest BCUT2D eigenvalue weighted by molar-refractivity contribution is 6.22. The number of rotatable bonds is 4. The number of carbonyl (C=O) groups is 2. The minimum absolute atomic E-state index is 0.0190. The summed E-state index contributed by atoms with van der Waals surface area (Å²) in [6.45, 7) is 0. The molecule has 0 bridgehead atoms. The second-order valence-electron chi connectivity index (χ2n) is 3.12. The summed E-state index contributed by atoms with van der Waals surface area (Å²) >= 11 is 0. The average Bonchev–Trinajstić information content (AvgIpc) is 2.65. The highest BCUT2D eigenvalue weighted by Gasteiger charge is 2.21. The lowest BCUT2D eigenvalue weighted by molar-refractivity contribution is -0.132. The molecule has 0 saturated carbocycles. The maximum Gasteiger partial charge on any atom is 0.341 e. The Morgan fingerprint density at radius 3 is 2.53 bits per heavy atom. The highest BCUT2D eigenvalue weighted by atomic mass is 16.4. The number of carbonyl (C=O) groups excluding carboxylic acids is 1. The fraction of sp³-hybridized carbons (Fsp3) is 0.200. The van der Waals surface area contributed by atoms with E-state index in [1.54, 1.807) is 14.1 Å². The first kappa shape index (κ1) is 11.0. The lowest BCUT2D eigenvalue weighted by atomic mass is 10.1. The molecule has 0 spiro atoms. The normalized spacial score (nSPS) is 11.2. The maximum absolute atomic E-state index is 11.6. The number of carboxylic acids is 1. The Kier molecular flexibility index (Phi) is 3.28. The third kappa shape index (κ3) is 2.70. The smallest absolute Gasteiger partial charge is 0.341 e. The first-order chi connectivity index (χ1) is 7.02. The zero-order valence-electron chi connectivity index (χ0n) is 8.43. The molecule has 0 aromatic carbocycles. The van der Waals surface area contributed by atoms with Gasteiger partial charge in [-0.15, -0.1) is 0 Å². The van der Waals surface area contributed by atoms with Crippen molar-refractivity contribution in [3.63, 3.8) is 0 Å². The third-order valence-electron chi connectivity index (χ3n) is 1.61. The zero-order valence-corrected chi connectivity index (χ0v) is 8.43. The van der Waals surface area contributed by atoms with Crippen LogP contribution in [0.5, 0.6) is 0 Å². The largest absolute Gasteiger partial charge is 0.477 e. The number of Topliss-reactive ketones (excluding diaryl/α,β-unsaturated/α-hetero) is 1. The molecule has 1 aromatic rings. The average molecular weight is 209 g/mol. The number of ketones is 1. The second kappa shape index (κ2) is 4.45. The van der Waals surface area contributed by atoms with Crippen LogP contribution >= 0.6 is 0 Å². The van der Waals surface area contributed by atoms with Gasteiger partial charge in [0.1, 0.15) is 5.57 Å². The van der Waals surface area contributed by atoms with Crippen molar-refractivity contribution in [1.29, 1.82) is 0 Å². The lowest BCUT2D eigenvalue weighted by Crippen LogP contribution is -2.16. The number of nitrogens with zero attached hydrogens (tertiary/aromatic N) is 1. The van der Waals surface area contributed by atoms with Crippen LogP contribution in [0.25, 0.3) is 0 Å². The SMILES string of the molecule is CN(C)/C=C(\C(=O)O)C(=O)c1ccco1. The van der Waals surface area contributed by atoms with Crippen molar-refractivity contribution in [3.8, 4) is 0 Å². The molecule has 0 aliphatic heterocycles. The van der Waals surface area contributed by atoms with Crippen LogP contribution in [-0.4, -0.2) is 35.9 Å². The number of hydrogen-bond donors (Lipinski definition) is 1. The van der Waals surface area contributed by atoms with Crippen molar-refractivity contribution in [3.05, 3.63) is 35.9 Å². The van der Waals surface area contributed by atoms with E-state index in [9.17, 15) is 9.59 Å². The summed E-state index contributed by atoms with van der Waals surface area (Å²) < 4.78 is 4.84. The Balaban J connectivity index is 3.02. The van der Waals surface area contributed by atoms with Gasteiger partial charge in [-0.25, -0.2) is 4.79 Å². The van der Waals surface area contributed by atoms with Crippen LogP contribution in [0.1, 0.15) is 10.6 Å². The van der Waals surface area contributed by atoms with Gasteiger partial charge in [-0.05, 0) is 12.1 Å². The molecule has 1 heterocycles. The molecule has 0 saturated heterocycles. The van der Waals surface area contributed by atoms with Gasteiger partial charge in [0.05, 0.1) is 6.26 Å². The van der Waals surface area contributed by atoms with Gasteiger partial charge in [-0.3, -0.25) is 4.79 Å². The molecule has 0 atom stereocenters. The minimum atomic E-state index is -1.27. The summed E-state index contributed by atoms with van der Waals surface area (Å²) in [5.74, 6) is -1.89. The topological polar surface area (TPSA) is 70.8 Å². The van der Waals surface area contributed by atoms with E-state index >= 15 is 0 Å². The van der Waals surface area contributed by atoms with Gasteiger partial charge in [0, 0.05) is 20.3 Å². The van der Waals surface area contributed by atoms with Crippen molar-refractivity contribution in [2.45, 2.75) is 0 Å². The molecular weight excluding hydrogens is 198 g/mol. The number of carboxylic acid groups (broad SMARTS) is 1. The quantitative estimate of drug-likeness (QED) is 0.346. The van der Waals surface area contributed by atoms with E-state index in [-0.39, 0.29) is 11.3 Å². The molecule has 0 fully saturated rings. The summed E-state index contributed by atoms with van der Waals surface area (Å²) in [5, 5.41) is 8.83. The Morgan fingerprint density at radius 2 is 2.13 bits per heavy atom. The van der Waals surface area contributed by atoms with Crippen LogP contribution < -0.4 is 0 Å². The first-order valence-corrected chi connectivity index (χ1v) is 4.22. The minimum Gasteiger partial charge on any atom is -0.477 e. The predicted octanol–water partition coefficient (Wildman–Crippen LogP) is 0.992. The zero-order chi connectivity index (χ0) is 11.4. The van der Waals surface area contributed by atoms with E-state index in [2.05, 4.69) is 0 Å². The number of aliphatic carboxylic acids is 1. The van der Waals surface area contributed by atoms with Crippen molar-refractivity contribution in [2.24, 2.45) is 0 Å². The predicted molar refractivity (Wildman–Crippen MR) is 52.4 cm³/mol. The Bertz CT molecular complexity index is 390. The van der Waals surface area contributed by atoms with Gasteiger partial charge in [0.25, 0.3) is 0 Å². The summed E-state index contributed by atoms with van der Waals surface area (Å²) in [7, 11) is 3.27. The summed E-state index contributed by atoms with van der Waals surface area (Å²) in [4.78, 5) is 23.9. The van der Waals surface area contributed by atoms with Gasteiger partial charge in [0.2, 0.25) is 5.78 Å². The van der Waals surface area contributed by atoms with E-state index in [0.717, 1.165) is 0 Å². The molecule has 1 N–H and O–H groups in total. The Morgan fingerprint density at radius 1 is 1.47 bits per heavy atom. The van der Waals surface area contributed by atoms with E-state index in [1.165, 1.54) is 29.5 Å². The molecule has 0 unspecified atom stereocenters. The third-order valence-corrected chi connectivity index (χ3v) is 1.61. The molecule has 0 amide bonds. The highest BCUT2D eigenvalue weighted by Crippen LogP contribution is 2.09. The molecular formula is C10H11NO4. The second-order valence-corrected chi connectivity index (χ2v) is 3.12. The molecule has 80 valence electrons. The van der Waals surface area contributed by atoms with E-state index in [1.807, 2.05) is 0 Å². The van der Waals surface area contributed by atoms with E-state index < -0.39 is 11.8 Å². The first-order valence-electron chi connectivity index (χ1n) is 4.22. The van der Waals surface area contributed by atoms with Crippen molar-refractivity contribution >= 4 is 11.8 Å². The van der Waals surface area contributed by atoms with E-state index in [0.29, 0.717) is 0 Å². The van der Waals surface area contributed by atoms with Crippen molar-refractivity contribution in [2.75, 3.05) is 14.1 Å². The van der Waals surface area contributed by atoms with E-state index in [4.69, 9.17) is 9.52 Å². The van der Waals surface area contributed by atoms with Crippen molar-refractivity contribution < 1.29 is 19.1 Å². The Hall–Kier alpha value is -2.04. The maximum atomic E-state index is 11.6. The van der Waals surface area contributed by atoms with Crippen LogP contribution in [0.3, 0.4) is 0 Å². The van der Waals surface area contributed by atoms with Crippen LogP contribution in [0, 0.1) is 0 Å². The molecule has 1 aromatic heterocycles. The monoisotopic (exact) mass is 209 g/mol. The standard InChI is InChI=1S/C10H11NO4/c1-11(2)6-7(10(13)14)9(12)8-4-3-5-15-8/h3-6H,1-2H3,(H,13,14)/b7-6-. The summed E-state index contributed by atoms with van der Waals surface area (Å²) in [6, 6.07) is 2.96. The fourth-order valence-corrected chi connectivity index (χ4v) is 1.01. The van der Waals surface area contributed by atoms with Crippen LogP contribution in [-0.2, 0) is 4.79 Å². The van der Waals surface area contributed by atoms with Crippen LogP contribution in [0.15, 0.2) is 34.6 Å². The number of hydrogen-bond acceptors (Lipinski definition) is 4. The van der Waals surface area contributed by atoms with Gasteiger partial charge in [0.15, 0.2) is 5.76 Å². The molecule has 5 heteroatoms. The van der Waals surface area contributed by atoms with Gasteiger partial charge < -0.3 is 14.4 Å². The van der Waals surface area contributed by atoms with Crippen LogP contribution in [0.4, 0.5) is 0 Å². The summed E-state index contributed by atoms with van der Waals surface area (Å²) in [6.07, 6.45) is 2.57. The van der Waals surface area contributed by atoms with Gasteiger partial charge >= 0.3 is 5.97 Å². The molecule has 0 radical (unpaired) electrons. The lowest BCUT2D eigenvalue weighted by Gasteiger charge is -2.06. The molecule has 15 heavy (non-hydrogen) atoms.